The molecule has 0 radical (unpaired) electrons. The van der Waals surface area contributed by atoms with E-state index in [9.17, 15) is 18.3 Å². The van der Waals surface area contributed by atoms with E-state index in [0.29, 0.717) is 5.56 Å². The first-order valence-electron chi connectivity index (χ1n) is 7.16. The maximum absolute atomic E-state index is 12.6. The summed E-state index contributed by atoms with van der Waals surface area (Å²) in [5, 5.41) is 10.7. The average molecular weight is 328 g/mol. The largest absolute Gasteiger partial charge is 0.416 e. The van der Waals surface area contributed by atoms with Crippen LogP contribution in [-0.4, -0.2) is 5.11 Å². The van der Waals surface area contributed by atoms with E-state index in [1.54, 1.807) is 0 Å². The molecule has 1 N–H and O–H groups in total. The molecule has 0 fully saturated rings. The quantitative estimate of drug-likeness (QED) is 0.641. The van der Waals surface area contributed by atoms with Crippen LogP contribution in [0.4, 0.5) is 13.2 Å². The number of alkyl halides is 3. The van der Waals surface area contributed by atoms with Crippen LogP contribution >= 0.6 is 0 Å². The number of rotatable bonds is 3. The third-order valence-electron chi connectivity index (χ3n) is 3.42. The molecule has 0 heterocycles. The molecular formula is C20H15F3O. The highest BCUT2D eigenvalue weighted by Gasteiger charge is 2.32. The van der Waals surface area contributed by atoms with Crippen LogP contribution in [-0.2, 0) is 11.8 Å². The van der Waals surface area contributed by atoms with Gasteiger partial charge in [-0.3, -0.25) is 0 Å². The van der Waals surface area contributed by atoms with Crippen LogP contribution in [0.15, 0.2) is 73.0 Å². The maximum Gasteiger partial charge on any atom is 0.416 e. The van der Waals surface area contributed by atoms with Crippen molar-refractivity contribution in [3.05, 3.63) is 89.7 Å². The zero-order valence-electron chi connectivity index (χ0n) is 12.8. The molecule has 0 saturated carbocycles. The van der Waals surface area contributed by atoms with Crippen molar-refractivity contribution in [3.8, 4) is 11.8 Å². The van der Waals surface area contributed by atoms with Crippen LogP contribution in [0.1, 0.15) is 23.1 Å². The summed E-state index contributed by atoms with van der Waals surface area (Å²) >= 11 is 0. The average Bonchev–Trinajstić information content (AvgIpc) is 2.55. The molecule has 2 rings (SSSR count). The molecule has 0 aromatic heterocycles. The fourth-order valence-electron chi connectivity index (χ4n) is 2.16. The Kier molecular flexibility index (Phi) is 5.31. The van der Waals surface area contributed by atoms with E-state index in [-0.39, 0.29) is 6.42 Å². The van der Waals surface area contributed by atoms with Crippen LogP contribution < -0.4 is 0 Å². The zero-order valence-corrected chi connectivity index (χ0v) is 12.8. The van der Waals surface area contributed by atoms with Gasteiger partial charge in [0.1, 0.15) is 5.60 Å². The van der Waals surface area contributed by atoms with Gasteiger partial charge >= 0.3 is 6.18 Å². The van der Waals surface area contributed by atoms with E-state index in [1.807, 2.05) is 30.3 Å². The van der Waals surface area contributed by atoms with Gasteiger partial charge in [0, 0.05) is 12.0 Å². The number of hydrogen-bond donors (Lipinski definition) is 1. The molecule has 0 aliphatic carbocycles. The predicted octanol–water partition coefficient (Wildman–Crippen LogP) is 4.68. The SMILES string of the molecule is C=C=CC(O)(CC#Cc1ccccc1)c1ccc(C(F)(F)F)cc1. The molecular weight excluding hydrogens is 313 g/mol. The normalized spacial score (nSPS) is 13.2. The van der Waals surface area contributed by atoms with Gasteiger partial charge in [-0.1, -0.05) is 48.8 Å². The van der Waals surface area contributed by atoms with Gasteiger partial charge in [0.15, 0.2) is 0 Å². The maximum atomic E-state index is 12.6. The van der Waals surface area contributed by atoms with Crippen LogP contribution in [0.5, 0.6) is 0 Å². The Labute approximate surface area is 138 Å². The lowest BCUT2D eigenvalue weighted by Gasteiger charge is -2.22. The third kappa shape index (κ3) is 4.39. The standard InChI is InChI=1S/C20H15F3O/c1-2-14-19(24,15-6-9-16-7-4-3-5-8-16)17-10-12-18(13-11-17)20(21,22)23/h3-5,7-8,10-14,24H,1,15H2. The second kappa shape index (κ2) is 7.23. The molecule has 0 bridgehead atoms. The molecule has 4 heteroatoms. The Morgan fingerprint density at radius 1 is 0.958 bits per heavy atom. The van der Waals surface area contributed by atoms with Crippen molar-refractivity contribution in [2.75, 3.05) is 0 Å². The summed E-state index contributed by atoms with van der Waals surface area (Å²) in [4.78, 5) is 0. The van der Waals surface area contributed by atoms with E-state index in [2.05, 4.69) is 24.2 Å². The summed E-state index contributed by atoms with van der Waals surface area (Å²) < 4.78 is 37.9. The molecule has 122 valence electrons. The van der Waals surface area contributed by atoms with Crippen molar-refractivity contribution in [2.24, 2.45) is 0 Å². The van der Waals surface area contributed by atoms with Crippen LogP contribution in [0.2, 0.25) is 0 Å². The summed E-state index contributed by atoms with van der Waals surface area (Å²) in [6.45, 7) is 3.43. The lowest BCUT2D eigenvalue weighted by atomic mass is 9.89. The highest BCUT2D eigenvalue weighted by Crippen LogP contribution is 2.32. The third-order valence-corrected chi connectivity index (χ3v) is 3.42. The van der Waals surface area contributed by atoms with Gasteiger partial charge in [-0.05, 0) is 35.9 Å². The van der Waals surface area contributed by atoms with Gasteiger partial charge in [0.25, 0.3) is 0 Å². The summed E-state index contributed by atoms with van der Waals surface area (Å²) in [5.41, 5.74) is 1.25. The highest BCUT2D eigenvalue weighted by molar-refractivity contribution is 5.37. The van der Waals surface area contributed by atoms with Gasteiger partial charge in [-0.2, -0.15) is 13.2 Å². The number of hydrogen-bond acceptors (Lipinski definition) is 1. The number of aliphatic hydroxyl groups is 1. The molecule has 1 nitrogen and oxygen atoms in total. The van der Waals surface area contributed by atoms with Crippen molar-refractivity contribution < 1.29 is 18.3 Å². The van der Waals surface area contributed by atoms with Crippen LogP contribution in [0.3, 0.4) is 0 Å². The van der Waals surface area contributed by atoms with Crippen molar-refractivity contribution in [3.63, 3.8) is 0 Å². The Balaban J connectivity index is 2.27. The second-order valence-electron chi connectivity index (χ2n) is 5.19. The van der Waals surface area contributed by atoms with E-state index in [1.165, 1.54) is 18.2 Å². The molecule has 0 amide bonds. The first kappa shape index (κ1) is 17.6. The Hall–Kier alpha value is -2.73. The van der Waals surface area contributed by atoms with Crippen molar-refractivity contribution in [1.82, 2.24) is 0 Å². The molecule has 0 aliphatic heterocycles. The Bertz CT molecular complexity index is 789. The fourth-order valence-corrected chi connectivity index (χ4v) is 2.16. The Morgan fingerprint density at radius 3 is 2.08 bits per heavy atom. The smallest absolute Gasteiger partial charge is 0.379 e. The molecule has 2 aromatic rings. The minimum absolute atomic E-state index is 0.00970. The molecule has 1 unspecified atom stereocenters. The molecule has 0 spiro atoms. The lowest BCUT2D eigenvalue weighted by Crippen LogP contribution is -2.22. The Morgan fingerprint density at radius 2 is 1.54 bits per heavy atom. The molecule has 24 heavy (non-hydrogen) atoms. The van der Waals surface area contributed by atoms with Gasteiger partial charge in [0.2, 0.25) is 0 Å². The summed E-state index contributed by atoms with van der Waals surface area (Å²) in [7, 11) is 0. The second-order valence-corrected chi connectivity index (χ2v) is 5.19. The lowest BCUT2D eigenvalue weighted by molar-refractivity contribution is -0.137. The van der Waals surface area contributed by atoms with Crippen molar-refractivity contribution in [2.45, 2.75) is 18.2 Å². The number of halogens is 3. The van der Waals surface area contributed by atoms with Gasteiger partial charge in [0.05, 0.1) is 5.56 Å². The van der Waals surface area contributed by atoms with E-state index in [0.717, 1.165) is 17.7 Å². The fraction of sp³-hybridized carbons (Fsp3) is 0.150. The zero-order chi connectivity index (χ0) is 17.6. The summed E-state index contributed by atoms with van der Waals surface area (Å²) in [6.07, 6.45) is -3.11. The monoisotopic (exact) mass is 328 g/mol. The summed E-state index contributed by atoms with van der Waals surface area (Å²) in [5.74, 6) is 5.76. The summed E-state index contributed by atoms with van der Waals surface area (Å²) in [6, 6.07) is 13.5. The predicted molar refractivity (Wildman–Crippen MR) is 87.0 cm³/mol. The molecule has 1 atom stereocenters. The van der Waals surface area contributed by atoms with E-state index in [4.69, 9.17) is 0 Å². The van der Waals surface area contributed by atoms with Gasteiger partial charge in [-0.25, -0.2) is 0 Å². The first-order chi connectivity index (χ1) is 11.3. The minimum Gasteiger partial charge on any atom is -0.379 e. The van der Waals surface area contributed by atoms with Crippen molar-refractivity contribution in [1.29, 1.82) is 0 Å². The van der Waals surface area contributed by atoms with Gasteiger partial charge in [-0.15, -0.1) is 5.73 Å². The van der Waals surface area contributed by atoms with Crippen LogP contribution in [0, 0.1) is 11.8 Å². The van der Waals surface area contributed by atoms with Gasteiger partial charge < -0.3 is 5.11 Å². The topological polar surface area (TPSA) is 20.2 Å². The molecule has 2 aromatic carbocycles. The number of benzene rings is 2. The van der Waals surface area contributed by atoms with E-state index >= 15 is 0 Å². The van der Waals surface area contributed by atoms with E-state index < -0.39 is 17.3 Å². The minimum atomic E-state index is -4.42. The molecule has 0 saturated heterocycles. The van der Waals surface area contributed by atoms with Crippen LogP contribution in [0.25, 0.3) is 0 Å². The van der Waals surface area contributed by atoms with Crippen molar-refractivity contribution >= 4 is 0 Å². The first-order valence-corrected chi connectivity index (χ1v) is 7.16. The molecule has 0 aliphatic rings. The highest BCUT2D eigenvalue weighted by atomic mass is 19.4.